The standard InChI is InChI=1S/C35H41FO4/c1-6-15-34(3,4)20-25-17-23(9-13-28(25)29-18-26(39-5)12-14-31(29)36)21-40-27-11-10-24-8-7-16-35(30(24)19-27)22(2)32(35)33(37)38/h9-14,17-19,22,32H,6-8,15-16,20-21H2,1-5H3,(H,37,38). The van der Waals surface area contributed by atoms with Gasteiger partial charge in [-0.3, -0.25) is 4.79 Å². The summed E-state index contributed by atoms with van der Waals surface area (Å²) < 4.78 is 26.7. The smallest absolute Gasteiger partial charge is 0.307 e. The van der Waals surface area contributed by atoms with E-state index in [0.717, 1.165) is 66.5 Å². The van der Waals surface area contributed by atoms with E-state index in [1.54, 1.807) is 19.2 Å². The lowest BCUT2D eigenvalue weighted by Gasteiger charge is -2.27. The Kier molecular flexibility index (Phi) is 7.69. The molecule has 5 rings (SSSR count). The molecule has 5 heteroatoms. The first-order valence-electron chi connectivity index (χ1n) is 14.5. The van der Waals surface area contributed by atoms with Crippen molar-refractivity contribution in [3.63, 3.8) is 0 Å². The Bertz CT molecular complexity index is 1410. The van der Waals surface area contributed by atoms with Gasteiger partial charge in [-0.05, 0) is 102 Å². The van der Waals surface area contributed by atoms with Crippen LogP contribution in [0.3, 0.4) is 0 Å². The van der Waals surface area contributed by atoms with E-state index in [4.69, 9.17) is 9.47 Å². The maximum absolute atomic E-state index is 15.0. The maximum atomic E-state index is 15.0. The van der Waals surface area contributed by atoms with Crippen LogP contribution >= 0.6 is 0 Å². The van der Waals surface area contributed by atoms with Crippen LogP contribution in [0.5, 0.6) is 11.5 Å². The Balaban J connectivity index is 1.43. The lowest BCUT2D eigenvalue weighted by atomic mass is 9.77. The highest BCUT2D eigenvalue weighted by Gasteiger charge is 2.67. The number of aliphatic carboxylic acids is 1. The highest BCUT2D eigenvalue weighted by molar-refractivity contribution is 5.79. The van der Waals surface area contributed by atoms with Crippen LogP contribution in [0.4, 0.5) is 4.39 Å². The van der Waals surface area contributed by atoms with E-state index >= 15 is 4.39 Å². The summed E-state index contributed by atoms with van der Waals surface area (Å²) in [6, 6.07) is 17.2. The molecule has 2 aliphatic rings. The molecule has 3 atom stereocenters. The SMILES string of the molecule is CCCC(C)(C)Cc1cc(COc2ccc3c(c2)C2(CCC3)C(C)C2C(=O)O)ccc1-c1cc(OC)ccc1F. The second-order valence-electron chi connectivity index (χ2n) is 12.5. The molecule has 1 N–H and O–H groups in total. The lowest BCUT2D eigenvalue weighted by Crippen LogP contribution is -2.22. The summed E-state index contributed by atoms with van der Waals surface area (Å²) >= 11 is 0. The minimum atomic E-state index is -0.697. The number of hydrogen-bond acceptors (Lipinski definition) is 3. The Hall–Kier alpha value is -3.34. The van der Waals surface area contributed by atoms with Crippen molar-refractivity contribution in [3.05, 3.63) is 82.7 Å². The van der Waals surface area contributed by atoms with Crippen LogP contribution in [0.15, 0.2) is 54.6 Å². The third-order valence-electron chi connectivity index (χ3n) is 9.28. The van der Waals surface area contributed by atoms with E-state index in [1.807, 2.05) is 18.2 Å². The van der Waals surface area contributed by atoms with E-state index in [1.165, 1.54) is 11.6 Å². The Morgan fingerprint density at radius 1 is 1.07 bits per heavy atom. The fourth-order valence-corrected chi connectivity index (χ4v) is 7.29. The second-order valence-corrected chi connectivity index (χ2v) is 12.5. The molecule has 40 heavy (non-hydrogen) atoms. The molecule has 3 aromatic carbocycles. The minimum Gasteiger partial charge on any atom is -0.497 e. The quantitative estimate of drug-likeness (QED) is 0.279. The number of benzene rings is 3. The summed E-state index contributed by atoms with van der Waals surface area (Å²) in [5.41, 5.74) is 5.73. The summed E-state index contributed by atoms with van der Waals surface area (Å²) in [5.74, 6) is 0.245. The van der Waals surface area contributed by atoms with Crippen molar-refractivity contribution in [3.8, 4) is 22.6 Å². The van der Waals surface area contributed by atoms with Crippen LogP contribution in [0.1, 0.15) is 75.6 Å². The van der Waals surface area contributed by atoms with E-state index in [9.17, 15) is 9.90 Å². The van der Waals surface area contributed by atoms with Crippen LogP contribution in [-0.2, 0) is 29.7 Å². The number of halogens is 1. The number of methoxy groups -OCH3 is 1. The van der Waals surface area contributed by atoms with Crippen LogP contribution < -0.4 is 9.47 Å². The molecular weight excluding hydrogens is 503 g/mol. The molecule has 3 unspecified atom stereocenters. The van der Waals surface area contributed by atoms with Crippen molar-refractivity contribution in [2.75, 3.05) is 7.11 Å². The second kappa shape index (κ2) is 10.9. The lowest BCUT2D eigenvalue weighted by molar-refractivity contribution is -0.139. The van der Waals surface area contributed by atoms with Crippen LogP contribution in [0, 0.1) is 23.1 Å². The van der Waals surface area contributed by atoms with Gasteiger partial charge in [0.05, 0.1) is 13.0 Å². The van der Waals surface area contributed by atoms with Gasteiger partial charge in [-0.15, -0.1) is 0 Å². The minimum absolute atomic E-state index is 0.0623. The molecule has 212 valence electrons. The topological polar surface area (TPSA) is 55.8 Å². The number of carboxylic acids is 1. The molecule has 1 fully saturated rings. The van der Waals surface area contributed by atoms with Gasteiger partial charge in [0.15, 0.2) is 0 Å². The molecule has 0 amide bonds. The number of hydrogen-bond donors (Lipinski definition) is 1. The predicted octanol–water partition coefficient (Wildman–Crippen LogP) is 8.37. The van der Waals surface area contributed by atoms with Crippen molar-refractivity contribution in [2.24, 2.45) is 17.3 Å². The fourth-order valence-electron chi connectivity index (χ4n) is 7.29. The van der Waals surface area contributed by atoms with Gasteiger partial charge in [-0.1, -0.05) is 58.4 Å². The predicted molar refractivity (Wildman–Crippen MR) is 156 cm³/mol. The highest BCUT2D eigenvalue weighted by Crippen LogP contribution is 2.65. The van der Waals surface area contributed by atoms with Gasteiger partial charge in [-0.25, -0.2) is 4.39 Å². The fraction of sp³-hybridized carbons (Fsp3) is 0.457. The van der Waals surface area contributed by atoms with Crippen molar-refractivity contribution in [1.82, 2.24) is 0 Å². The molecule has 1 spiro atoms. The van der Waals surface area contributed by atoms with Gasteiger partial charge < -0.3 is 14.6 Å². The largest absolute Gasteiger partial charge is 0.497 e. The van der Waals surface area contributed by atoms with Crippen LogP contribution in [0.2, 0.25) is 0 Å². The average Bonchev–Trinajstić information content (AvgIpc) is 3.51. The summed E-state index contributed by atoms with van der Waals surface area (Å²) in [4.78, 5) is 11.9. The van der Waals surface area contributed by atoms with Crippen molar-refractivity contribution in [2.45, 2.75) is 78.2 Å². The van der Waals surface area contributed by atoms with Gasteiger partial charge in [0.25, 0.3) is 0 Å². The van der Waals surface area contributed by atoms with Gasteiger partial charge in [0.2, 0.25) is 0 Å². The van der Waals surface area contributed by atoms with Crippen LogP contribution in [-0.4, -0.2) is 18.2 Å². The average molecular weight is 545 g/mol. The molecule has 0 aliphatic heterocycles. The molecule has 4 nitrogen and oxygen atoms in total. The third-order valence-corrected chi connectivity index (χ3v) is 9.28. The number of carbonyl (C=O) groups is 1. The van der Waals surface area contributed by atoms with Crippen molar-refractivity contribution >= 4 is 5.97 Å². The number of ether oxygens (including phenoxy) is 2. The Labute approximate surface area is 237 Å². The highest BCUT2D eigenvalue weighted by atomic mass is 19.1. The molecule has 2 aliphatic carbocycles. The monoisotopic (exact) mass is 544 g/mol. The zero-order valence-corrected chi connectivity index (χ0v) is 24.4. The first kappa shape index (κ1) is 28.2. The molecular formula is C35H41FO4. The van der Waals surface area contributed by atoms with E-state index in [0.29, 0.717) is 17.9 Å². The number of aryl methyl sites for hydroxylation is 1. The van der Waals surface area contributed by atoms with Gasteiger partial charge >= 0.3 is 5.97 Å². The van der Waals surface area contributed by atoms with Gasteiger partial charge in [0, 0.05) is 11.0 Å². The molecule has 0 aromatic heterocycles. The first-order chi connectivity index (χ1) is 19.1. The normalized spacial score (nSPS) is 21.6. The Morgan fingerprint density at radius 3 is 2.55 bits per heavy atom. The van der Waals surface area contributed by atoms with Crippen molar-refractivity contribution < 1.29 is 23.8 Å². The molecule has 3 aromatic rings. The maximum Gasteiger partial charge on any atom is 0.307 e. The molecule has 0 saturated heterocycles. The third kappa shape index (κ3) is 5.23. The summed E-state index contributed by atoms with van der Waals surface area (Å²) in [5, 5.41) is 9.82. The number of fused-ring (bicyclic) bond motifs is 2. The first-order valence-corrected chi connectivity index (χ1v) is 14.5. The molecule has 0 heterocycles. The summed E-state index contributed by atoms with van der Waals surface area (Å²) in [6.45, 7) is 9.16. The summed E-state index contributed by atoms with van der Waals surface area (Å²) in [6.07, 6.45) is 5.89. The van der Waals surface area contributed by atoms with E-state index < -0.39 is 5.97 Å². The van der Waals surface area contributed by atoms with Crippen molar-refractivity contribution in [1.29, 1.82) is 0 Å². The summed E-state index contributed by atoms with van der Waals surface area (Å²) in [7, 11) is 1.59. The van der Waals surface area contributed by atoms with Gasteiger partial charge in [-0.2, -0.15) is 0 Å². The molecule has 0 bridgehead atoms. The van der Waals surface area contributed by atoms with E-state index in [-0.39, 0.29) is 28.5 Å². The zero-order valence-electron chi connectivity index (χ0n) is 24.4. The Morgan fingerprint density at radius 2 is 1.85 bits per heavy atom. The number of carboxylic acid groups (broad SMARTS) is 1. The zero-order chi connectivity index (χ0) is 28.7. The molecule has 1 saturated carbocycles. The number of rotatable bonds is 10. The van der Waals surface area contributed by atoms with Crippen LogP contribution in [0.25, 0.3) is 11.1 Å². The molecule has 0 radical (unpaired) electrons. The van der Waals surface area contributed by atoms with Gasteiger partial charge in [0.1, 0.15) is 23.9 Å². The van der Waals surface area contributed by atoms with E-state index in [2.05, 4.69) is 45.9 Å².